The molecule has 1 heterocycles. The Kier molecular flexibility index (Phi) is 3.76. The molecular weight excluding hydrogens is 234 g/mol. The summed E-state index contributed by atoms with van der Waals surface area (Å²) in [5.41, 5.74) is 8.23. The number of halogens is 1. The zero-order chi connectivity index (χ0) is 12.5. The number of hydrogen-bond acceptors (Lipinski definition) is 2. The lowest BCUT2D eigenvalue weighted by Crippen LogP contribution is -2.34. The number of ether oxygens (including phenoxy) is 1. The van der Waals surface area contributed by atoms with Gasteiger partial charge in [-0.25, -0.2) is 0 Å². The fourth-order valence-corrected chi connectivity index (χ4v) is 2.68. The molecular formula is C14H20ClNO. The van der Waals surface area contributed by atoms with Gasteiger partial charge in [-0.05, 0) is 43.9 Å². The summed E-state index contributed by atoms with van der Waals surface area (Å²) in [4.78, 5) is 0. The van der Waals surface area contributed by atoms with E-state index in [0.717, 1.165) is 31.1 Å². The molecule has 0 amide bonds. The minimum Gasteiger partial charge on any atom is -0.381 e. The zero-order valence-electron chi connectivity index (χ0n) is 10.5. The monoisotopic (exact) mass is 253 g/mol. The fourth-order valence-electron chi connectivity index (χ4n) is 2.32. The van der Waals surface area contributed by atoms with Crippen LogP contribution in [0.3, 0.4) is 0 Å². The van der Waals surface area contributed by atoms with Gasteiger partial charge in [-0.15, -0.1) is 0 Å². The zero-order valence-corrected chi connectivity index (χ0v) is 11.3. The van der Waals surface area contributed by atoms with E-state index in [-0.39, 0.29) is 5.54 Å². The minimum atomic E-state index is -0.193. The molecule has 0 radical (unpaired) electrons. The van der Waals surface area contributed by atoms with Crippen molar-refractivity contribution in [2.75, 3.05) is 13.2 Å². The first kappa shape index (κ1) is 12.9. The van der Waals surface area contributed by atoms with E-state index < -0.39 is 0 Å². The summed E-state index contributed by atoms with van der Waals surface area (Å²) >= 11 is 6.34. The van der Waals surface area contributed by atoms with Crippen LogP contribution in [0.4, 0.5) is 0 Å². The van der Waals surface area contributed by atoms with Crippen molar-refractivity contribution in [1.29, 1.82) is 0 Å². The molecule has 1 aliphatic rings. The van der Waals surface area contributed by atoms with E-state index in [1.807, 2.05) is 19.9 Å². The van der Waals surface area contributed by atoms with Gasteiger partial charge in [0.15, 0.2) is 0 Å². The summed E-state index contributed by atoms with van der Waals surface area (Å²) < 4.78 is 5.40. The predicted molar refractivity (Wildman–Crippen MR) is 71.6 cm³/mol. The van der Waals surface area contributed by atoms with Crippen LogP contribution in [-0.2, 0) is 11.2 Å². The Balaban J connectivity index is 2.16. The predicted octanol–water partition coefficient (Wildman–Crippen LogP) is 3.12. The number of hydrogen-bond donors (Lipinski definition) is 1. The van der Waals surface area contributed by atoms with Crippen molar-refractivity contribution < 1.29 is 4.74 Å². The second-order valence-electron chi connectivity index (χ2n) is 5.58. The van der Waals surface area contributed by atoms with Crippen LogP contribution in [-0.4, -0.2) is 18.8 Å². The lowest BCUT2D eigenvalue weighted by atomic mass is 9.92. The van der Waals surface area contributed by atoms with Gasteiger partial charge in [0.1, 0.15) is 0 Å². The number of rotatable bonds is 3. The third-order valence-corrected chi connectivity index (χ3v) is 3.42. The molecule has 17 heavy (non-hydrogen) atoms. The Hall–Kier alpha value is -0.570. The smallest absolute Gasteiger partial charge is 0.0536 e. The standard InChI is InChI=1S/C14H20ClNO/c1-14(2,16)8-10-3-4-12(13(15)7-10)11-5-6-17-9-11/h3-4,7,11H,5-6,8-9,16H2,1-2H3. The molecule has 0 spiro atoms. The third kappa shape index (κ3) is 3.44. The van der Waals surface area contributed by atoms with E-state index in [1.54, 1.807) is 0 Å². The van der Waals surface area contributed by atoms with Crippen molar-refractivity contribution in [2.45, 2.75) is 38.1 Å². The molecule has 0 aromatic heterocycles. The first-order valence-corrected chi connectivity index (χ1v) is 6.48. The van der Waals surface area contributed by atoms with Crippen molar-refractivity contribution in [3.63, 3.8) is 0 Å². The maximum Gasteiger partial charge on any atom is 0.0536 e. The largest absolute Gasteiger partial charge is 0.381 e. The average Bonchev–Trinajstić information content (AvgIpc) is 2.68. The number of nitrogens with two attached hydrogens (primary N) is 1. The van der Waals surface area contributed by atoms with E-state index in [2.05, 4.69) is 12.1 Å². The first-order chi connectivity index (χ1) is 7.96. The lowest BCUT2D eigenvalue weighted by molar-refractivity contribution is 0.194. The van der Waals surface area contributed by atoms with Gasteiger partial charge < -0.3 is 10.5 Å². The Morgan fingerprint density at radius 3 is 2.76 bits per heavy atom. The van der Waals surface area contributed by atoms with Crippen molar-refractivity contribution in [3.8, 4) is 0 Å². The maximum absolute atomic E-state index is 6.34. The molecule has 1 atom stereocenters. The summed E-state index contributed by atoms with van der Waals surface area (Å²) in [6.45, 7) is 5.69. The molecule has 0 aliphatic carbocycles. The normalized spacial score (nSPS) is 20.8. The molecule has 2 rings (SSSR count). The molecule has 1 unspecified atom stereocenters. The van der Waals surface area contributed by atoms with Crippen LogP contribution in [0, 0.1) is 0 Å². The molecule has 94 valence electrons. The van der Waals surface area contributed by atoms with E-state index >= 15 is 0 Å². The summed E-state index contributed by atoms with van der Waals surface area (Å²) in [6, 6.07) is 6.31. The van der Waals surface area contributed by atoms with Crippen molar-refractivity contribution in [3.05, 3.63) is 34.3 Å². The van der Waals surface area contributed by atoms with Crippen LogP contribution in [0.1, 0.15) is 37.3 Å². The molecule has 1 fully saturated rings. The molecule has 1 aromatic carbocycles. The summed E-state index contributed by atoms with van der Waals surface area (Å²) in [5.74, 6) is 0.461. The van der Waals surface area contributed by atoms with Crippen LogP contribution in [0.5, 0.6) is 0 Å². The van der Waals surface area contributed by atoms with E-state index in [1.165, 1.54) is 11.1 Å². The average molecular weight is 254 g/mol. The van der Waals surface area contributed by atoms with Crippen molar-refractivity contribution in [1.82, 2.24) is 0 Å². The van der Waals surface area contributed by atoms with Gasteiger partial charge in [0, 0.05) is 23.1 Å². The summed E-state index contributed by atoms with van der Waals surface area (Å²) in [6.07, 6.45) is 1.91. The second kappa shape index (κ2) is 4.97. The topological polar surface area (TPSA) is 35.2 Å². The van der Waals surface area contributed by atoms with Gasteiger partial charge in [0.2, 0.25) is 0 Å². The molecule has 1 saturated heterocycles. The SMILES string of the molecule is CC(C)(N)Cc1ccc(C2CCOC2)c(Cl)c1. The highest BCUT2D eigenvalue weighted by Gasteiger charge is 2.21. The van der Waals surface area contributed by atoms with Gasteiger partial charge in [0.05, 0.1) is 6.61 Å². The molecule has 0 saturated carbocycles. The van der Waals surface area contributed by atoms with E-state index in [9.17, 15) is 0 Å². The Bertz CT molecular complexity index is 392. The quantitative estimate of drug-likeness (QED) is 0.898. The van der Waals surface area contributed by atoms with Gasteiger partial charge >= 0.3 is 0 Å². The Labute approximate surface area is 108 Å². The number of benzene rings is 1. The molecule has 3 heteroatoms. The Morgan fingerprint density at radius 2 is 2.24 bits per heavy atom. The van der Waals surface area contributed by atoms with Gasteiger partial charge in [-0.2, -0.15) is 0 Å². The van der Waals surface area contributed by atoms with Gasteiger partial charge in [-0.3, -0.25) is 0 Å². The van der Waals surface area contributed by atoms with Crippen molar-refractivity contribution >= 4 is 11.6 Å². The lowest BCUT2D eigenvalue weighted by Gasteiger charge is -2.19. The minimum absolute atomic E-state index is 0.193. The highest BCUT2D eigenvalue weighted by molar-refractivity contribution is 6.31. The van der Waals surface area contributed by atoms with Gasteiger partial charge in [-0.1, -0.05) is 23.7 Å². The first-order valence-electron chi connectivity index (χ1n) is 6.11. The van der Waals surface area contributed by atoms with Crippen LogP contribution >= 0.6 is 11.6 Å². The Morgan fingerprint density at radius 1 is 1.47 bits per heavy atom. The highest BCUT2D eigenvalue weighted by atomic mass is 35.5. The van der Waals surface area contributed by atoms with E-state index in [4.69, 9.17) is 22.1 Å². The highest BCUT2D eigenvalue weighted by Crippen LogP contribution is 2.31. The van der Waals surface area contributed by atoms with Crippen LogP contribution in [0.2, 0.25) is 5.02 Å². The van der Waals surface area contributed by atoms with Crippen LogP contribution < -0.4 is 5.73 Å². The molecule has 1 aliphatic heterocycles. The maximum atomic E-state index is 6.34. The molecule has 2 N–H and O–H groups in total. The summed E-state index contributed by atoms with van der Waals surface area (Å²) in [5, 5.41) is 0.849. The van der Waals surface area contributed by atoms with Gasteiger partial charge in [0.25, 0.3) is 0 Å². The fraction of sp³-hybridized carbons (Fsp3) is 0.571. The van der Waals surface area contributed by atoms with Crippen LogP contribution in [0.25, 0.3) is 0 Å². The van der Waals surface area contributed by atoms with Crippen LogP contribution in [0.15, 0.2) is 18.2 Å². The molecule has 0 bridgehead atoms. The second-order valence-corrected chi connectivity index (χ2v) is 5.99. The third-order valence-electron chi connectivity index (χ3n) is 3.09. The molecule has 2 nitrogen and oxygen atoms in total. The molecule has 1 aromatic rings. The summed E-state index contributed by atoms with van der Waals surface area (Å²) in [7, 11) is 0. The van der Waals surface area contributed by atoms with Crippen molar-refractivity contribution in [2.24, 2.45) is 5.73 Å². The van der Waals surface area contributed by atoms with E-state index in [0.29, 0.717) is 5.92 Å².